The van der Waals surface area contributed by atoms with E-state index in [2.05, 4.69) is 20.3 Å². The number of nitrogens with zero attached hydrogens (tertiary/aromatic N) is 4. The number of benzene rings is 1. The summed E-state index contributed by atoms with van der Waals surface area (Å²) in [7, 11) is 5.12. The van der Waals surface area contributed by atoms with Crippen molar-refractivity contribution in [2.24, 2.45) is 0 Å². The first-order valence-corrected chi connectivity index (χ1v) is 7.66. The van der Waals surface area contributed by atoms with Crippen molar-refractivity contribution in [1.82, 2.24) is 20.3 Å². The van der Waals surface area contributed by atoms with Gasteiger partial charge in [-0.1, -0.05) is 6.07 Å². The molecule has 1 aromatic carbocycles. The van der Waals surface area contributed by atoms with Crippen molar-refractivity contribution >= 4 is 11.9 Å². The minimum absolute atomic E-state index is 0.148. The second kappa shape index (κ2) is 7.20. The van der Waals surface area contributed by atoms with Crippen LogP contribution < -0.4 is 24.4 Å². The molecule has 0 radical (unpaired) electrons. The number of hydrogen-bond donors (Lipinski definition) is 1. The highest BCUT2D eigenvalue weighted by atomic mass is 16.7. The Morgan fingerprint density at radius 3 is 2.80 bits per heavy atom. The SMILES string of the molecule is COc1nc(CNC(=O)Cc2ccc3c(c2)OCO3)nc(N(C)C)n1. The largest absolute Gasteiger partial charge is 0.467 e. The Hall–Kier alpha value is -3.10. The fraction of sp³-hybridized carbons (Fsp3) is 0.375. The maximum absolute atomic E-state index is 12.2. The first kappa shape index (κ1) is 16.7. The van der Waals surface area contributed by atoms with Crippen molar-refractivity contribution in [2.45, 2.75) is 13.0 Å². The van der Waals surface area contributed by atoms with Crippen LogP contribution in [0.3, 0.4) is 0 Å². The third-order valence-corrected chi connectivity index (χ3v) is 3.48. The van der Waals surface area contributed by atoms with E-state index in [4.69, 9.17) is 14.2 Å². The van der Waals surface area contributed by atoms with E-state index < -0.39 is 0 Å². The van der Waals surface area contributed by atoms with Gasteiger partial charge < -0.3 is 24.4 Å². The maximum Gasteiger partial charge on any atom is 0.321 e. The Labute approximate surface area is 145 Å². The topological polar surface area (TPSA) is 98.7 Å². The lowest BCUT2D eigenvalue weighted by molar-refractivity contribution is -0.120. The predicted molar refractivity (Wildman–Crippen MR) is 88.8 cm³/mol. The number of anilines is 1. The van der Waals surface area contributed by atoms with Crippen LogP contribution in [0.25, 0.3) is 0 Å². The molecule has 132 valence electrons. The number of carbonyl (C=O) groups is 1. The summed E-state index contributed by atoms with van der Waals surface area (Å²) >= 11 is 0. The van der Waals surface area contributed by atoms with Crippen LogP contribution in [0.4, 0.5) is 5.95 Å². The van der Waals surface area contributed by atoms with Crippen molar-refractivity contribution in [3.63, 3.8) is 0 Å². The van der Waals surface area contributed by atoms with Gasteiger partial charge in [0.15, 0.2) is 17.3 Å². The van der Waals surface area contributed by atoms with E-state index in [-0.39, 0.29) is 31.7 Å². The number of fused-ring (bicyclic) bond motifs is 1. The van der Waals surface area contributed by atoms with E-state index in [1.165, 1.54) is 7.11 Å². The van der Waals surface area contributed by atoms with E-state index in [1.54, 1.807) is 17.0 Å². The summed E-state index contributed by atoms with van der Waals surface area (Å²) in [6.45, 7) is 0.392. The molecule has 0 bridgehead atoms. The molecule has 1 N–H and O–H groups in total. The van der Waals surface area contributed by atoms with Crippen LogP contribution >= 0.6 is 0 Å². The van der Waals surface area contributed by atoms with Crippen molar-refractivity contribution < 1.29 is 19.0 Å². The molecule has 3 rings (SSSR count). The lowest BCUT2D eigenvalue weighted by Crippen LogP contribution is -2.26. The molecule has 1 amide bonds. The summed E-state index contributed by atoms with van der Waals surface area (Å²) in [5, 5.41) is 2.79. The van der Waals surface area contributed by atoms with Crippen LogP contribution in [-0.2, 0) is 17.8 Å². The minimum Gasteiger partial charge on any atom is -0.467 e. The summed E-state index contributed by atoms with van der Waals surface area (Å²) in [6.07, 6.45) is 0.222. The molecule has 1 aliphatic rings. The molecule has 9 nitrogen and oxygen atoms in total. The third kappa shape index (κ3) is 4.06. The zero-order chi connectivity index (χ0) is 17.8. The molecule has 0 atom stereocenters. The summed E-state index contributed by atoms with van der Waals surface area (Å²) in [4.78, 5) is 26.4. The molecule has 0 spiro atoms. The minimum atomic E-state index is -0.148. The Morgan fingerprint density at radius 2 is 2.04 bits per heavy atom. The molecule has 2 heterocycles. The Morgan fingerprint density at radius 1 is 1.24 bits per heavy atom. The van der Waals surface area contributed by atoms with E-state index in [0.717, 1.165) is 5.56 Å². The lowest BCUT2D eigenvalue weighted by Gasteiger charge is -2.12. The highest BCUT2D eigenvalue weighted by Crippen LogP contribution is 2.32. The Kier molecular flexibility index (Phi) is 4.82. The average Bonchev–Trinajstić information content (AvgIpc) is 3.07. The number of amides is 1. The molecule has 0 saturated heterocycles. The average molecular weight is 345 g/mol. The molecule has 25 heavy (non-hydrogen) atoms. The molecule has 2 aromatic rings. The van der Waals surface area contributed by atoms with Gasteiger partial charge in [-0.2, -0.15) is 15.0 Å². The summed E-state index contributed by atoms with van der Waals surface area (Å²) in [6, 6.07) is 5.64. The number of hydrogen-bond acceptors (Lipinski definition) is 8. The fourth-order valence-electron chi connectivity index (χ4n) is 2.23. The van der Waals surface area contributed by atoms with Gasteiger partial charge in [0.25, 0.3) is 0 Å². The standard InChI is InChI=1S/C16H19N5O4/c1-21(2)15-18-13(19-16(20-15)23-3)8-17-14(22)7-10-4-5-11-12(6-10)25-9-24-11/h4-6H,7-9H2,1-3H3,(H,17,22). The Balaban J connectivity index is 1.61. The van der Waals surface area contributed by atoms with E-state index in [1.807, 2.05) is 20.2 Å². The molecule has 0 unspecified atom stereocenters. The van der Waals surface area contributed by atoms with E-state index in [0.29, 0.717) is 23.3 Å². The lowest BCUT2D eigenvalue weighted by atomic mass is 10.1. The van der Waals surface area contributed by atoms with E-state index in [9.17, 15) is 4.79 Å². The second-order valence-corrected chi connectivity index (χ2v) is 5.57. The number of aromatic nitrogens is 3. The van der Waals surface area contributed by atoms with Crippen molar-refractivity contribution in [3.8, 4) is 17.5 Å². The maximum atomic E-state index is 12.2. The predicted octanol–water partition coefficient (Wildman–Crippen LogP) is 0.534. The van der Waals surface area contributed by atoms with Crippen LogP contribution in [0, 0.1) is 0 Å². The van der Waals surface area contributed by atoms with Gasteiger partial charge >= 0.3 is 6.01 Å². The fourth-order valence-corrected chi connectivity index (χ4v) is 2.23. The molecule has 0 saturated carbocycles. The first-order chi connectivity index (χ1) is 12.0. The number of carbonyl (C=O) groups excluding carboxylic acids is 1. The molecule has 0 aliphatic carbocycles. The zero-order valence-electron chi connectivity index (χ0n) is 14.3. The van der Waals surface area contributed by atoms with E-state index >= 15 is 0 Å². The molecule has 1 aliphatic heterocycles. The van der Waals surface area contributed by atoms with Crippen molar-refractivity contribution in [2.75, 3.05) is 32.9 Å². The first-order valence-electron chi connectivity index (χ1n) is 7.66. The van der Waals surface area contributed by atoms with Gasteiger partial charge in [-0.15, -0.1) is 0 Å². The van der Waals surface area contributed by atoms with Crippen LogP contribution in [0.2, 0.25) is 0 Å². The highest BCUT2D eigenvalue weighted by molar-refractivity contribution is 5.78. The van der Waals surface area contributed by atoms with Crippen LogP contribution in [0.1, 0.15) is 11.4 Å². The molecular formula is C16H19N5O4. The normalized spacial score (nSPS) is 12.0. The monoisotopic (exact) mass is 345 g/mol. The van der Waals surface area contributed by atoms with Gasteiger partial charge in [-0.3, -0.25) is 4.79 Å². The Bertz CT molecular complexity index is 781. The highest BCUT2D eigenvalue weighted by Gasteiger charge is 2.15. The van der Waals surface area contributed by atoms with Crippen LogP contribution in [-0.4, -0.2) is 48.9 Å². The van der Waals surface area contributed by atoms with Gasteiger partial charge in [-0.25, -0.2) is 0 Å². The van der Waals surface area contributed by atoms with Gasteiger partial charge in [0.2, 0.25) is 18.6 Å². The zero-order valence-corrected chi connectivity index (χ0v) is 14.3. The van der Waals surface area contributed by atoms with Gasteiger partial charge in [0, 0.05) is 14.1 Å². The quantitative estimate of drug-likeness (QED) is 0.810. The smallest absolute Gasteiger partial charge is 0.321 e. The van der Waals surface area contributed by atoms with Gasteiger partial charge in [0.05, 0.1) is 20.1 Å². The number of ether oxygens (including phenoxy) is 3. The third-order valence-electron chi connectivity index (χ3n) is 3.48. The number of rotatable bonds is 6. The van der Waals surface area contributed by atoms with Crippen molar-refractivity contribution in [3.05, 3.63) is 29.6 Å². The van der Waals surface area contributed by atoms with Crippen LogP contribution in [0.15, 0.2) is 18.2 Å². The number of methoxy groups -OCH3 is 1. The summed E-state index contributed by atoms with van der Waals surface area (Å²) in [5.74, 6) is 2.09. The summed E-state index contributed by atoms with van der Waals surface area (Å²) < 4.78 is 15.6. The second-order valence-electron chi connectivity index (χ2n) is 5.57. The molecular weight excluding hydrogens is 326 g/mol. The van der Waals surface area contributed by atoms with Crippen molar-refractivity contribution in [1.29, 1.82) is 0 Å². The van der Waals surface area contributed by atoms with Gasteiger partial charge in [-0.05, 0) is 17.7 Å². The molecule has 0 fully saturated rings. The molecule has 9 heteroatoms. The van der Waals surface area contributed by atoms with Crippen LogP contribution in [0.5, 0.6) is 17.5 Å². The summed E-state index contributed by atoms with van der Waals surface area (Å²) in [5.41, 5.74) is 0.837. The number of nitrogens with one attached hydrogen (secondary N) is 1. The van der Waals surface area contributed by atoms with Gasteiger partial charge in [0.1, 0.15) is 0 Å². The molecule has 1 aromatic heterocycles.